The minimum atomic E-state index is -1.27. The quantitative estimate of drug-likeness (QED) is 0.247. The summed E-state index contributed by atoms with van der Waals surface area (Å²) in [5.41, 5.74) is 3.86. The molecule has 5 nitrogen and oxygen atoms in total. The molecule has 0 saturated heterocycles. The van der Waals surface area contributed by atoms with E-state index in [1.807, 2.05) is 32.2 Å². The van der Waals surface area contributed by atoms with Gasteiger partial charge in [0, 0.05) is 34.5 Å². The van der Waals surface area contributed by atoms with Gasteiger partial charge in [-0.1, -0.05) is 29.3 Å². The molecular formula is C25H20BrCl4N3O2. The molecule has 0 unspecified atom stereocenters. The van der Waals surface area contributed by atoms with Crippen LogP contribution in [0.4, 0.5) is 17.1 Å². The van der Waals surface area contributed by atoms with E-state index in [0.29, 0.717) is 16.4 Å². The smallest absolute Gasteiger partial charge is 0.257 e. The van der Waals surface area contributed by atoms with E-state index in [1.165, 1.54) is 6.07 Å². The van der Waals surface area contributed by atoms with Crippen molar-refractivity contribution in [3.63, 3.8) is 0 Å². The zero-order valence-electron chi connectivity index (χ0n) is 18.6. The lowest BCUT2D eigenvalue weighted by molar-refractivity contribution is -0.117. The average Bonchev–Trinajstić information content (AvgIpc) is 3.40. The van der Waals surface area contributed by atoms with Gasteiger partial charge >= 0.3 is 0 Å². The molecule has 10 heteroatoms. The van der Waals surface area contributed by atoms with Crippen molar-refractivity contribution in [2.24, 2.45) is 5.92 Å². The summed E-state index contributed by atoms with van der Waals surface area (Å²) in [5.74, 6) is -1.88. The molecule has 2 amide bonds. The number of amides is 2. The number of anilines is 3. The first-order valence-corrected chi connectivity index (χ1v) is 12.9. The van der Waals surface area contributed by atoms with Gasteiger partial charge in [0.15, 0.2) is 0 Å². The summed E-state index contributed by atoms with van der Waals surface area (Å²) < 4.78 is -0.537. The van der Waals surface area contributed by atoms with Crippen LogP contribution in [-0.4, -0.2) is 23.2 Å². The summed E-state index contributed by atoms with van der Waals surface area (Å²) in [6, 6.07) is 15.6. The highest BCUT2D eigenvalue weighted by atomic mass is 79.9. The first-order valence-electron chi connectivity index (χ1n) is 10.6. The van der Waals surface area contributed by atoms with Gasteiger partial charge in [-0.15, -0.1) is 23.2 Å². The molecule has 1 saturated carbocycles. The Bertz CT molecular complexity index is 1330. The molecule has 4 rings (SSSR count). The number of alkyl halides is 2. The van der Waals surface area contributed by atoms with E-state index in [-0.39, 0.29) is 16.5 Å². The molecule has 2 atom stereocenters. The highest BCUT2D eigenvalue weighted by Crippen LogP contribution is 2.65. The van der Waals surface area contributed by atoms with Crippen LogP contribution < -0.4 is 16.0 Å². The van der Waals surface area contributed by atoms with Gasteiger partial charge in [-0.2, -0.15) is 0 Å². The van der Waals surface area contributed by atoms with Crippen molar-refractivity contribution in [1.82, 2.24) is 0 Å². The Kier molecular flexibility index (Phi) is 7.60. The number of benzene rings is 3. The van der Waals surface area contributed by atoms with E-state index in [9.17, 15) is 9.59 Å². The molecule has 0 aliphatic heterocycles. The first kappa shape index (κ1) is 26.1. The van der Waals surface area contributed by atoms with E-state index in [2.05, 4.69) is 31.9 Å². The number of hydrogen-bond acceptors (Lipinski definition) is 3. The fraction of sp³-hybridized carbons (Fsp3) is 0.200. The molecule has 1 aliphatic carbocycles. The molecule has 0 radical (unpaired) electrons. The van der Waals surface area contributed by atoms with Crippen molar-refractivity contribution < 1.29 is 9.59 Å². The van der Waals surface area contributed by atoms with Gasteiger partial charge in [0.25, 0.3) is 5.91 Å². The summed E-state index contributed by atoms with van der Waals surface area (Å²) in [5, 5.41) is 9.47. The molecule has 0 heterocycles. The minimum absolute atomic E-state index is 0.219. The standard InChI is InChI=1S/C25H20BrCl4N3O2/c1-12-9-14(31-2)5-8-20(12)33-23(34)16-11-15(4-7-18(16)27)32-24(35)22-21(25(22,29)30)13-3-6-17(26)19(28)10-13/h3-11,21-22,31H,1-2H3,(H,32,35)(H,33,34)/t21-,22+/m0/s1. The van der Waals surface area contributed by atoms with Crippen molar-refractivity contribution in [2.45, 2.75) is 17.2 Å². The van der Waals surface area contributed by atoms with Crippen molar-refractivity contribution in [3.8, 4) is 0 Å². The van der Waals surface area contributed by atoms with Crippen LogP contribution in [0.15, 0.2) is 59.1 Å². The highest BCUT2D eigenvalue weighted by molar-refractivity contribution is 9.10. The summed E-state index contributed by atoms with van der Waals surface area (Å²) >= 11 is 28.7. The zero-order chi connectivity index (χ0) is 25.5. The number of carbonyl (C=O) groups is 2. The zero-order valence-corrected chi connectivity index (χ0v) is 23.2. The number of halogens is 5. The van der Waals surface area contributed by atoms with Crippen LogP contribution in [0, 0.1) is 12.8 Å². The van der Waals surface area contributed by atoms with Crippen molar-refractivity contribution >= 4 is 91.2 Å². The highest BCUT2D eigenvalue weighted by Gasteiger charge is 2.67. The number of nitrogens with one attached hydrogen (secondary N) is 3. The molecule has 35 heavy (non-hydrogen) atoms. The molecule has 3 N–H and O–H groups in total. The average molecular weight is 616 g/mol. The SMILES string of the molecule is CNc1ccc(NC(=O)c2cc(NC(=O)[C@H]3[C@H](c4ccc(Br)c(Cl)c4)C3(Cl)Cl)ccc2Cl)c(C)c1. The summed E-state index contributed by atoms with van der Waals surface area (Å²) in [6.45, 7) is 1.89. The van der Waals surface area contributed by atoms with E-state index in [4.69, 9.17) is 46.4 Å². The maximum atomic E-state index is 13.0. The first-order chi connectivity index (χ1) is 16.5. The fourth-order valence-electron chi connectivity index (χ4n) is 3.92. The van der Waals surface area contributed by atoms with Crippen LogP contribution in [0.3, 0.4) is 0 Å². The molecule has 1 fully saturated rings. The van der Waals surface area contributed by atoms with Crippen molar-refractivity contribution in [2.75, 3.05) is 23.0 Å². The van der Waals surface area contributed by atoms with Crippen LogP contribution in [-0.2, 0) is 4.79 Å². The summed E-state index contributed by atoms with van der Waals surface area (Å²) in [7, 11) is 1.82. The van der Waals surface area contributed by atoms with Gasteiger partial charge in [0.05, 0.1) is 21.5 Å². The van der Waals surface area contributed by atoms with Gasteiger partial charge in [-0.05, 0) is 82.5 Å². The molecule has 0 bridgehead atoms. The normalized spacial score (nSPS) is 18.0. The topological polar surface area (TPSA) is 70.2 Å². The van der Waals surface area contributed by atoms with E-state index >= 15 is 0 Å². The van der Waals surface area contributed by atoms with Gasteiger partial charge < -0.3 is 16.0 Å². The van der Waals surface area contributed by atoms with Gasteiger partial charge in [-0.25, -0.2) is 0 Å². The Labute approximate surface area is 231 Å². The van der Waals surface area contributed by atoms with Crippen molar-refractivity contribution in [1.29, 1.82) is 0 Å². The minimum Gasteiger partial charge on any atom is -0.388 e. The van der Waals surface area contributed by atoms with E-state index < -0.39 is 22.1 Å². The lowest BCUT2D eigenvalue weighted by Gasteiger charge is -2.12. The number of rotatable bonds is 6. The van der Waals surface area contributed by atoms with E-state index in [0.717, 1.165) is 21.3 Å². The number of aryl methyl sites for hydroxylation is 1. The Morgan fingerprint density at radius 1 is 0.914 bits per heavy atom. The molecule has 182 valence electrons. The maximum absolute atomic E-state index is 13.0. The monoisotopic (exact) mass is 613 g/mol. The second-order valence-corrected chi connectivity index (χ2v) is 11.3. The fourth-order valence-corrected chi connectivity index (χ4v) is 5.39. The number of carbonyl (C=O) groups excluding carboxylic acids is 2. The largest absolute Gasteiger partial charge is 0.388 e. The number of hydrogen-bond donors (Lipinski definition) is 3. The van der Waals surface area contributed by atoms with Crippen LogP contribution >= 0.6 is 62.3 Å². The third-order valence-electron chi connectivity index (χ3n) is 5.88. The Hall–Kier alpha value is -1.96. The Balaban J connectivity index is 1.50. The predicted octanol–water partition coefficient (Wildman–Crippen LogP) is 7.88. The Morgan fingerprint density at radius 3 is 2.29 bits per heavy atom. The lowest BCUT2D eigenvalue weighted by Crippen LogP contribution is -2.18. The summed E-state index contributed by atoms with van der Waals surface area (Å²) in [4.78, 5) is 26.0. The Morgan fingerprint density at radius 2 is 1.63 bits per heavy atom. The predicted molar refractivity (Wildman–Crippen MR) is 149 cm³/mol. The second kappa shape index (κ2) is 10.2. The van der Waals surface area contributed by atoms with Gasteiger partial charge in [-0.3, -0.25) is 9.59 Å². The molecule has 0 aromatic heterocycles. The van der Waals surface area contributed by atoms with Crippen LogP contribution in [0.1, 0.15) is 27.4 Å². The lowest BCUT2D eigenvalue weighted by atomic mass is 10.1. The molecule has 1 aliphatic rings. The van der Waals surface area contributed by atoms with Crippen LogP contribution in [0.2, 0.25) is 10.0 Å². The van der Waals surface area contributed by atoms with Crippen LogP contribution in [0.25, 0.3) is 0 Å². The molecule has 0 spiro atoms. The van der Waals surface area contributed by atoms with Crippen molar-refractivity contribution in [3.05, 3.63) is 85.8 Å². The maximum Gasteiger partial charge on any atom is 0.257 e. The second-order valence-electron chi connectivity index (χ2n) is 8.22. The third-order valence-corrected chi connectivity index (χ3v) is 8.38. The molecular weight excluding hydrogens is 596 g/mol. The van der Waals surface area contributed by atoms with E-state index in [1.54, 1.807) is 30.3 Å². The van der Waals surface area contributed by atoms with Gasteiger partial charge in [0.2, 0.25) is 5.91 Å². The summed E-state index contributed by atoms with van der Waals surface area (Å²) in [6.07, 6.45) is 0. The molecule has 3 aromatic carbocycles. The van der Waals surface area contributed by atoms with Gasteiger partial charge in [0.1, 0.15) is 4.33 Å². The van der Waals surface area contributed by atoms with Crippen LogP contribution in [0.5, 0.6) is 0 Å². The molecule has 3 aromatic rings. The third kappa shape index (κ3) is 5.42.